The molecule has 0 N–H and O–H groups in total. The Morgan fingerprint density at radius 2 is 2.07 bits per heavy atom. The molecule has 0 radical (unpaired) electrons. The Hall–Kier alpha value is -0.710. The normalized spacial score (nSPS) is 20.9. The summed E-state index contributed by atoms with van der Waals surface area (Å²) in [4.78, 5) is 0. The van der Waals surface area contributed by atoms with Crippen LogP contribution >= 0.6 is 23.0 Å². The Morgan fingerprint density at radius 3 is 2.64 bits per heavy atom. The lowest BCUT2D eigenvalue weighted by Crippen LogP contribution is -2.12. The van der Waals surface area contributed by atoms with E-state index >= 15 is 0 Å². The molecule has 1 aromatic carbocycles. The number of benzene rings is 1. The number of allylic oxidation sites excluding steroid dienone is 1. The molecule has 0 spiro atoms. The minimum Gasteiger partial charge on any atom is -0.465 e. The topological polar surface area (TPSA) is 18.5 Å². The summed E-state index contributed by atoms with van der Waals surface area (Å²) in [5.41, 5.74) is 1.33. The third kappa shape index (κ3) is 2.20. The number of halogens is 1. The number of hydrogen-bond donors (Lipinski definition) is 0. The molecule has 14 heavy (non-hydrogen) atoms. The third-order valence-corrected chi connectivity index (χ3v) is 2.78. The maximum absolute atomic E-state index is 5.43. The number of ether oxygens (including phenoxy) is 1. The van der Waals surface area contributed by atoms with Gasteiger partial charge in [0, 0.05) is 5.92 Å². The standard InChI is InChI=1S/C11H11IO2/c12-14-11-7-6-10(8-13-11)9-4-2-1-3-5-9/h1-5,7,10H,6,8H2. The first-order valence-corrected chi connectivity index (χ1v) is 5.44. The van der Waals surface area contributed by atoms with Crippen LogP contribution in [0.2, 0.25) is 0 Å². The van der Waals surface area contributed by atoms with Crippen LogP contribution in [0.15, 0.2) is 42.4 Å². The minimum atomic E-state index is 0.464. The van der Waals surface area contributed by atoms with E-state index in [4.69, 9.17) is 7.80 Å². The molecule has 1 aliphatic rings. The first-order valence-electron chi connectivity index (χ1n) is 4.56. The summed E-state index contributed by atoms with van der Waals surface area (Å²) in [6, 6.07) is 10.4. The monoisotopic (exact) mass is 302 g/mol. The predicted molar refractivity (Wildman–Crippen MR) is 62.9 cm³/mol. The molecule has 1 unspecified atom stereocenters. The van der Waals surface area contributed by atoms with Gasteiger partial charge in [0.25, 0.3) is 5.95 Å². The summed E-state index contributed by atoms with van der Waals surface area (Å²) in [5.74, 6) is 1.10. The van der Waals surface area contributed by atoms with Crippen molar-refractivity contribution in [1.82, 2.24) is 0 Å². The van der Waals surface area contributed by atoms with Crippen molar-refractivity contribution < 1.29 is 7.80 Å². The second-order valence-electron chi connectivity index (χ2n) is 3.25. The second-order valence-corrected chi connectivity index (χ2v) is 3.70. The van der Waals surface area contributed by atoms with Crippen molar-refractivity contribution in [3.05, 3.63) is 47.9 Å². The molecule has 1 atom stereocenters. The molecule has 1 aliphatic heterocycles. The van der Waals surface area contributed by atoms with E-state index in [2.05, 4.69) is 24.3 Å². The molecule has 1 heterocycles. The van der Waals surface area contributed by atoms with E-state index in [-0.39, 0.29) is 0 Å². The molecule has 0 fully saturated rings. The van der Waals surface area contributed by atoms with Crippen molar-refractivity contribution in [3.8, 4) is 0 Å². The highest BCUT2D eigenvalue weighted by molar-refractivity contribution is 14.1. The summed E-state index contributed by atoms with van der Waals surface area (Å²) in [7, 11) is 0. The van der Waals surface area contributed by atoms with E-state index < -0.39 is 0 Å². The van der Waals surface area contributed by atoms with Crippen molar-refractivity contribution in [3.63, 3.8) is 0 Å². The van der Waals surface area contributed by atoms with Crippen LogP contribution in [0.5, 0.6) is 0 Å². The van der Waals surface area contributed by atoms with Crippen LogP contribution in [-0.2, 0) is 7.80 Å². The van der Waals surface area contributed by atoms with Gasteiger partial charge in [-0.3, -0.25) is 0 Å². The summed E-state index contributed by atoms with van der Waals surface area (Å²) in [6.07, 6.45) is 2.98. The van der Waals surface area contributed by atoms with E-state index in [9.17, 15) is 0 Å². The van der Waals surface area contributed by atoms with E-state index in [1.165, 1.54) is 5.56 Å². The zero-order valence-corrected chi connectivity index (χ0v) is 9.81. The van der Waals surface area contributed by atoms with Crippen LogP contribution < -0.4 is 0 Å². The Kier molecular flexibility index (Phi) is 3.29. The lowest BCUT2D eigenvalue weighted by molar-refractivity contribution is 0.103. The first-order chi connectivity index (χ1) is 6.90. The van der Waals surface area contributed by atoms with Gasteiger partial charge in [0.05, 0.1) is 6.61 Å². The quantitative estimate of drug-likeness (QED) is 0.780. The average Bonchev–Trinajstić information content (AvgIpc) is 2.30. The molecule has 0 saturated carbocycles. The van der Waals surface area contributed by atoms with Crippen molar-refractivity contribution in [1.29, 1.82) is 0 Å². The second kappa shape index (κ2) is 4.68. The van der Waals surface area contributed by atoms with Gasteiger partial charge in [-0.1, -0.05) is 30.3 Å². The molecule has 2 nitrogen and oxygen atoms in total. The van der Waals surface area contributed by atoms with Gasteiger partial charge >= 0.3 is 0 Å². The van der Waals surface area contributed by atoms with Crippen molar-refractivity contribution in [2.75, 3.05) is 6.61 Å². The van der Waals surface area contributed by atoms with Gasteiger partial charge in [0.1, 0.15) is 0 Å². The van der Waals surface area contributed by atoms with E-state index in [1.807, 2.05) is 35.1 Å². The predicted octanol–water partition coefficient (Wildman–Crippen LogP) is 3.40. The lowest BCUT2D eigenvalue weighted by atomic mass is 9.96. The fraction of sp³-hybridized carbons (Fsp3) is 0.273. The fourth-order valence-electron chi connectivity index (χ4n) is 1.56. The minimum absolute atomic E-state index is 0.464. The summed E-state index contributed by atoms with van der Waals surface area (Å²) < 4.78 is 10.4. The maximum atomic E-state index is 5.43. The van der Waals surface area contributed by atoms with Gasteiger partial charge in [0.15, 0.2) is 23.0 Å². The van der Waals surface area contributed by atoms with Crippen LogP contribution in [0.3, 0.4) is 0 Å². The summed E-state index contributed by atoms with van der Waals surface area (Å²) >= 11 is 1.84. The molecule has 0 amide bonds. The summed E-state index contributed by atoms with van der Waals surface area (Å²) in [5, 5.41) is 0. The van der Waals surface area contributed by atoms with Gasteiger partial charge in [-0.05, 0) is 18.1 Å². The molecule has 0 bridgehead atoms. The highest BCUT2D eigenvalue weighted by Crippen LogP contribution is 2.26. The fourth-order valence-corrected chi connectivity index (χ4v) is 1.87. The average molecular weight is 302 g/mol. The lowest BCUT2D eigenvalue weighted by Gasteiger charge is -2.21. The molecule has 0 saturated heterocycles. The van der Waals surface area contributed by atoms with Gasteiger partial charge in [-0.25, -0.2) is 0 Å². The zero-order chi connectivity index (χ0) is 9.80. The van der Waals surface area contributed by atoms with Gasteiger partial charge in [-0.2, -0.15) is 0 Å². The van der Waals surface area contributed by atoms with Crippen LogP contribution in [0, 0.1) is 0 Å². The first kappa shape index (κ1) is 9.83. The molecular weight excluding hydrogens is 291 g/mol. The number of hydrogen-bond acceptors (Lipinski definition) is 2. The Bertz CT molecular complexity index is 321. The smallest absolute Gasteiger partial charge is 0.284 e. The highest BCUT2D eigenvalue weighted by Gasteiger charge is 2.17. The zero-order valence-electron chi connectivity index (χ0n) is 7.65. The van der Waals surface area contributed by atoms with Crippen molar-refractivity contribution in [2.45, 2.75) is 12.3 Å². The third-order valence-electron chi connectivity index (χ3n) is 2.34. The molecule has 2 rings (SSSR count). The molecule has 3 heteroatoms. The Balaban J connectivity index is 2.06. The van der Waals surface area contributed by atoms with E-state index in [0.717, 1.165) is 6.42 Å². The van der Waals surface area contributed by atoms with Crippen molar-refractivity contribution in [2.24, 2.45) is 0 Å². The molecule has 0 aliphatic carbocycles. The van der Waals surface area contributed by atoms with Crippen LogP contribution in [0.1, 0.15) is 17.9 Å². The summed E-state index contributed by atoms with van der Waals surface area (Å²) in [6.45, 7) is 0.707. The highest BCUT2D eigenvalue weighted by atomic mass is 127. The molecular formula is C11H11IO2. The van der Waals surface area contributed by atoms with Crippen LogP contribution in [0.4, 0.5) is 0 Å². The molecule has 0 aromatic heterocycles. The maximum Gasteiger partial charge on any atom is 0.284 e. The largest absolute Gasteiger partial charge is 0.465 e. The van der Waals surface area contributed by atoms with Gasteiger partial charge in [-0.15, -0.1) is 0 Å². The van der Waals surface area contributed by atoms with Crippen LogP contribution in [-0.4, -0.2) is 6.61 Å². The Morgan fingerprint density at radius 1 is 1.29 bits per heavy atom. The van der Waals surface area contributed by atoms with Gasteiger partial charge in [0.2, 0.25) is 0 Å². The van der Waals surface area contributed by atoms with Gasteiger partial charge < -0.3 is 7.80 Å². The van der Waals surface area contributed by atoms with Crippen molar-refractivity contribution >= 4 is 23.0 Å². The SMILES string of the molecule is IOC1=CCC(c2ccccc2)CO1. The molecule has 74 valence electrons. The van der Waals surface area contributed by atoms with E-state index in [1.54, 1.807) is 0 Å². The Labute approximate surface area is 97.6 Å². The number of rotatable bonds is 2. The van der Waals surface area contributed by atoms with Crippen LogP contribution in [0.25, 0.3) is 0 Å². The van der Waals surface area contributed by atoms with E-state index in [0.29, 0.717) is 18.5 Å². The molecule has 1 aromatic rings.